The highest BCUT2D eigenvalue weighted by Crippen LogP contribution is 2.12. The maximum Gasteiger partial charge on any atom is 0.116 e. The number of imidazole rings is 1. The molecule has 13 heavy (non-hydrogen) atoms. The average Bonchev–Trinajstić information content (AvgIpc) is 2.51. The molecular formula is C9H12N4. The highest BCUT2D eigenvalue weighted by atomic mass is 15.1. The first-order valence-corrected chi connectivity index (χ1v) is 4.24. The molecule has 4 nitrogen and oxygen atoms in total. The van der Waals surface area contributed by atoms with Gasteiger partial charge in [0.2, 0.25) is 0 Å². The van der Waals surface area contributed by atoms with E-state index in [2.05, 4.69) is 4.98 Å². The lowest BCUT2D eigenvalue weighted by molar-refractivity contribution is 0.867. The fourth-order valence-corrected chi connectivity index (χ4v) is 1.45. The molecular weight excluding hydrogens is 164 g/mol. The molecule has 0 amide bonds. The summed E-state index contributed by atoms with van der Waals surface area (Å²) in [5, 5.41) is 0. The van der Waals surface area contributed by atoms with Crippen LogP contribution >= 0.6 is 0 Å². The third-order valence-corrected chi connectivity index (χ3v) is 2.02. The van der Waals surface area contributed by atoms with Crippen molar-refractivity contribution in [3.05, 3.63) is 30.2 Å². The lowest BCUT2D eigenvalue weighted by Crippen LogP contribution is -2.08. The monoisotopic (exact) mass is 176 g/mol. The number of nitrogens with two attached hydrogens (primary N) is 2. The van der Waals surface area contributed by atoms with E-state index in [1.165, 1.54) is 0 Å². The van der Waals surface area contributed by atoms with Gasteiger partial charge in [0.15, 0.2) is 0 Å². The largest absolute Gasteiger partial charge is 0.385 e. The Bertz CT molecular complexity index is 418. The normalized spacial score (nSPS) is 10.8. The van der Waals surface area contributed by atoms with Gasteiger partial charge in [-0.3, -0.25) is 4.40 Å². The first-order valence-electron chi connectivity index (χ1n) is 4.24. The zero-order valence-electron chi connectivity index (χ0n) is 7.27. The minimum absolute atomic E-state index is 0.591. The molecule has 0 aliphatic heterocycles. The standard InChI is InChI=1S/C9H12N4/c10-5-4-9-12-6-7-2-1-3-8(11)13(7)9/h1-3,6H,4-5,10-11H2. The lowest BCUT2D eigenvalue weighted by atomic mass is 10.3. The highest BCUT2D eigenvalue weighted by molar-refractivity contribution is 5.53. The maximum absolute atomic E-state index is 5.81. The van der Waals surface area contributed by atoms with E-state index in [-0.39, 0.29) is 0 Å². The van der Waals surface area contributed by atoms with Crippen molar-refractivity contribution in [2.45, 2.75) is 6.42 Å². The molecule has 0 spiro atoms. The van der Waals surface area contributed by atoms with E-state index in [1.54, 1.807) is 6.20 Å². The van der Waals surface area contributed by atoms with Crippen LogP contribution in [0.3, 0.4) is 0 Å². The molecule has 0 unspecified atom stereocenters. The van der Waals surface area contributed by atoms with Crippen molar-refractivity contribution in [3.8, 4) is 0 Å². The van der Waals surface area contributed by atoms with E-state index < -0.39 is 0 Å². The molecule has 0 aliphatic carbocycles. The predicted octanol–water partition coefficient (Wildman–Crippen LogP) is 0.418. The molecule has 4 N–H and O–H groups in total. The summed E-state index contributed by atoms with van der Waals surface area (Å²) in [5.74, 6) is 1.63. The Morgan fingerprint density at radius 3 is 3.00 bits per heavy atom. The van der Waals surface area contributed by atoms with Crippen molar-refractivity contribution in [2.24, 2.45) is 5.73 Å². The molecule has 2 rings (SSSR count). The van der Waals surface area contributed by atoms with Gasteiger partial charge in [-0.15, -0.1) is 0 Å². The molecule has 0 saturated carbocycles. The van der Waals surface area contributed by atoms with E-state index in [4.69, 9.17) is 11.5 Å². The van der Waals surface area contributed by atoms with E-state index in [9.17, 15) is 0 Å². The third-order valence-electron chi connectivity index (χ3n) is 2.02. The lowest BCUT2D eigenvalue weighted by Gasteiger charge is -2.02. The van der Waals surface area contributed by atoms with Gasteiger partial charge in [0.1, 0.15) is 11.6 Å². The van der Waals surface area contributed by atoms with Gasteiger partial charge in [0.25, 0.3) is 0 Å². The summed E-state index contributed by atoms with van der Waals surface area (Å²) < 4.78 is 1.92. The van der Waals surface area contributed by atoms with E-state index in [1.807, 2.05) is 22.6 Å². The second-order valence-corrected chi connectivity index (χ2v) is 2.92. The molecule has 0 aromatic carbocycles. The summed E-state index contributed by atoms with van der Waals surface area (Å²) in [6.07, 6.45) is 2.56. The number of hydrogen-bond acceptors (Lipinski definition) is 3. The first-order chi connectivity index (χ1) is 6.33. The van der Waals surface area contributed by atoms with Crippen LogP contribution in [-0.2, 0) is 6.42 Å². The molecule has 0 saturated heterocycles. The van der Waals surface area contributed by atoms with Crippen LogP contribution in [0.15, 0.2) is 24.4 Å². The van der Waals surface area contributed by atoms with Gasteiger partial charge >= 0.3 is 0 Å². The van der Waals surface area contributed by atoms with Crippen LogP contribution in [0, 0.1) is 0 Å². The van der Waals surface area contributed by atoms with Crippen molar-refractivity contribution < 1.29 is 0 Å². The summed E-state index contributed by atoms with van der Waals surface area (Å²) in [7, 11) is 0. The fraction of sp³-hybridized carbons (Fsp3) is 0.222. The second-order valence-electron chi connectivity index (χ2n) is 2.92. The Hall–Kier alpha value is -1.55. The van der Waals surface area contributed by atoms with Crippen molar-refractivity contribution >= 4 is 11.3 Å². The Morgan fingerprint density at radius 2 is 2.23 bits per heavy atom. The second kappa shape index (κ2) is 3.06. The summed E-state index contributed by atoms with van der Waals surface area (Å²) in [5.41, 5.74) is 12.3. The van der Waals surface area contributed by atoms with E-state index in [0.717, 1.165) is 17.8 Å². The van der Waals surface area contributed by atoms with Crippen molar-refractivity contribution in [2.75, 3.05) is 12.3 Å². The van der Waals surface area contributed by atoms with Gasteiger partial charge in [-0.25, -0.2) is 4.98 Å². The van der Waals surface area contributed by atoms with E-state index >= 15 is 0 Å². The summed E-state index contributed by atoms with van der Waals surface area (Å²) >= 11 is 0. The average molecular weight is 176 g/mol. The van der Waals surface area contributed by atoms with Crippen molar-refractivity contribution in [3.63, 3.8) is 0 Å². The number of nitrogen functional groups attached to an aromatic ring is 1. The molecule has 2 heterocycles. The Labute approximate surface area is 76.2 Å². The van der Waals surface area contributed by atoms with Crippen LogP contribution in [0.25, 0.3) is 5.52 Å². The quantitative estimate of drug-likeness (QED) is 0.696. The topological polar surface area (TPSA) is 69.3 Å². The van der Waals surface area contributed by atoms with Crippen LogP contribution < -0.4 is 11.5 Å². The number of anilines is 1. The zero-order chi connectivity index (χ0) is 9.26. The number of hydrogen-bond donors (Lipinski definition) is 2. The van der Waals surface area contributed by atoms with Crippen LogP contribution in [0.1, 0.15) is 5.82 Å². The van der Waals surface area contributed by atoms with Gasteiger partial charge in [-0.1, -0.05) is 6.07 Å². The summed E-state index contributed by atoms with van der Waals surface area (Å²) in [6.45, 7) is 0.591. The van der Waals surface area contributed by atoms with Crippen LogP contribution in [-0.4, -0.2) is 15.9 Å². The minimum Gasteiger partial charge on any atom is -0.385 e. The molecule has 4 heteroatoms. The third kappa shape index (κ3) is 1.25. The number of nitrogens with zero attached hydrogens (tertiary/aromatic N) is 2. The molecule has 68 valence electrons. The molecule has 0 fully saturated rings. The number of pyridine rings is 1. The Kier molecular flexibility index (Phi) is 1.90. The van der Waals surface area contributed by atoms with Crippen molar-refractivity contribution in [1.29, 1.82) is 0 Å². The number of aromatic nitrogens is 2. The number of fused-ring (bicyclic) bond motifs is 1. The molecule has 0 bridgehead atoms. The molecule has 0 radical (unpaired) electrons. The maximum atomic E-state index is 5.81. The van der Waals surface area contributed by atoms with Gasteiger partial charge in [0, 0.05) is 6.42 Å². The van der Waals surface area contributed by atoms with Crippen LogP contribution in [0.2, 0.25) is 0 Å². The minimum atomic E-state index is 0.591. The van der Waals surface area contributed by atoms with Gasteiger partial charge < -0.3 is 11.5 Å². The molecule has 2 aromatic rings. The Morgan fingerprint density at radius 1 is 1.38 bits per heavy atom. The van der Waals surface area contributed by atoms with Crippen LogP contribution in [0.5, 0.6) is 0 Å². The smallest absolute Gasteiger partial charge is 0.116 e. The predicted molar refractivity (Wildman–Crippen MR) is 52.4 cm³/mol. The van der Waals surface area contributed by atoms with Crippen molar-refractivity contribution in [1.82, 2.24) is 9.38 Å². The highest BCUT2D eigenvalue weighted by Gasteiger charge is 2.03. The molecule has 2 aromatic heterocycles. The van der Waals surface area contributed by atoms with Gasteiger partial charge in [-0.2, -0.15) is 0 Å². The van der Waals surface area contributed by atoms with E-state index in [0.29, 0.717) is 12.4 Å². The first kappa shape index (κ1) is 8.07. The SMILES string of the molecule is NCCc1ncc2cccc(N)n12. The van der Waals surface area contributed by atoms with Gasteiger partial charge in [0.05, 0.1) is 11.7 Å². The Balaban J connectivity index is 2.64. The zero-order valence-corrected chi connectivity index (χ0v) is 7.27. The fourth-order valence-electron chi connectivity index (χ4n) is 1.45. The molecule has 0 atom stereocenters. The van der Waals surface area contributed by atoms with Gasteiger partial charge in [-0.05, 0) is 18.7 Å². The number of rotatable bonds is 2. The summed E-state index contributed by atoms with van der Waals surface area (Å²) in [6, 6.07) is 5.75. The molecule has 0 aliphatic rings. The van der Waals surface area contributed by atoms with Crippen LogP contribution in [0.4, 0.5) is 5.82 Å². The summed E-state index contributed by atoms with van der Waals surface area (Å²) in [4.78, 5) is 4.25.